The molecule has 1 saturated heterocycles. The fraction of sp³-hybridized carbons (Fsp3) is 0.500. The van der Waals surface area contributed by atoms with E-state index in [1.165, 1.54) is 0 Å². The molecule has 3 heterocycles. The van der Waals surface area contributed by atoms with Gasteiger partial charge in [-0.2, -0.15) is 0 Å². The number of carbonyl (C=O) groups is 3. The van der Waals surface area contributed by atoms with Gasteiger partial charge in [0.05, 0.1) is 11.7 Å². The minimum Gasteiger partial charge on any atom is -0.459 e. The van der Waals surface area contributed by atoms with Gasteiger partial charge in [-0.3, -0.25) is 9.59 Å². The van der Waals surface area contributed by atoms with Crippen molar-refractivity contribution in [2.75, 3.05) is 19.9 Å². The van der Waals surface area contributed by atoms with Crippen molar-refractivity contribution in [3.63, 3.8) is 0 Å². The van der Waals surface area contributed by atoms with E-state index in [9.17, 15) is 14.4 Å². The van der Waals surface area contributed by atoms with Crippen LogP contribution in [0.25, 0.3) is 0 Å². The number of nitrogens with zero attached hydrogens (tertiary/aromatic N) is 1. The summed E-state index contributed by atoms with van der Waals surface area (Å²) in [6.07, 6.45) is 1.70. The summed E-state index contributed by atoms with van der Waals surface area (Å²) in [5.74, 6) is 1.09. The number of aromatic amines is 1. The maximum Gasteiger partial charge on any atom is 0.340 e. The average Bonchev–Trinajstić information content (AvgIpc) is 3.40. The zero-order chi connectivity index (χ0) is 25.1. The lowest BCUT2D eigenvalue weighted by Crippen LogP contribution is -2.40. The van der Waals surface area contributed by atoms with Crippen LogP contribution in [0.5, 0.6) is 11.5 Å². The lowest BCUT2D eigenvalue weighted by molar-refractivity contribution is -0.122. The number of piperidine rings is 1. The highest BCUT2D eigenvalue weighted by Crippen LogP contribution is 2.32. The van der Waals surface area contributed by atoms with Crippen LogP contribution in [0.1, 0.15) is 70.8 Å². The third kappa shape index (κ3) is 5.61. The van der Waals surface area contributed by atoms with Crippen molar-refractivity contribution >= 4 is 17.8 Å². The first-order valence-corrected chi connectivity index (χ1v) is 12.1. The fourth-order valence-corrected chi connectivity index (χ4v) is 4.63. The summed E-state index contributed by atoms with van der Waals surface area (Å²) in [6.45, 7) is 8.93. The summed E-state index contributed by atoms with van der Waals surface area (Å²) in [7, 11) is 0. The third-order valence-electron chi connectivity index (χ3n) is 6.50. The topological polar surface area (TPSA) is 110 Å². The molecule has 0 saturated carbocycles. The number of rotatable bonds is 7. The van der Waals surface area contributed by atoms with Crippen molar-refractivity contribution in [1.29, 1.82) is 0 Å². The number of aromatic nitrogens is 1. The van der Waals surface area contributed by atoms with Crippen molar-refractivity contribution in [2.24, 2.45) is 5.92 Å². The summed E-state index contributed by atoms with van der Waals surface area (Å²) >= 11 is 0. The van der Waals surface area contributed by atoms with Crippen LogP contribution in [0, 0.1) is 19.8 Å². The number of H-pyrrole nitrogens is 1. The molecule has 1 fully saturated rings. The largest absolute Gasteiger partial charge is 0.459 e. The van der Waals surface area contributed by atoms with Gasteiger partial charge < -0.3 is 29.4 Å². The van der Waals surface area contributed by atoms with Crippen LogP contribution >= 0.6 is 0 Å². The second-order valence-electron chi connectivity index (χ2n) is 9.48. The zero-order valence-corrected chi connectivity index (χ0v) is 20.7. The molecule has 2 aromatic rings. The van der Waals surface area contributed by atoms with E-state index < -0.39 is 5.97 Å². The van der Waals surface area contributed by atoms with E-state index in [1.807, 2.05) is 18.2 Å². The predicted octanol–water partition coefficient (Wildman–Crippen LogP) is 3.48. The maximum absolute atomic E-state index is 13.1. The highest BCUT2D eigenvalue weighted by atomic mass is 16.7. The Morgan fingerprint density at radius 1 is 1.14 bits per heavy atom. The molecule has 0 spiro atoms. The Hall–Kier alpha value is -3.49. The number of carbonyl (C=O) groups excluding carboxylic acids is 3. The smallest absolute Gasteiger partial charge is 0.340 e. The number of hydrogen-bond donors (Lipinski definition) is 2. The van der Waals surface area contributed by atoms with E-state index in [0.717, 1.165) is 24.2 Å². The van der Waals surface area contributed by atoms with Gasteiger partial charge in [-0.25, -0.2) is 4.79 Å². The van der Waals surface area contributed by atoms with Gasteiger partial charge >= 0.3 is 5.97 Å². The average molecular weight is 484 g/mol. The van der Waals surface area contributed by atoms with Gasteiger partial charge in [-0.05, 0) is 69.7 Å². The van der Waals surface area contributed by atoms with Crippen molar-refractivity contribution < 1.29 is 28.6 Å². The molecule has 9 nitrogen and oxygen atoms in total. The molecular weight excluding hydrogens is 450 g/mol. The molecule has 2 aliphatic rings. The van der Waals surface area contributed by atoms with Gasteiger partial charge in [0.15, 0.2) is 11.5 Å². The molecule has 0 aliphatic carbocycles. The van der Waals surface area contributed by atoms with E-state index in [1.54, 1.807) is 32.6 Å². The normalized spacial score (nSPS) is 15.4. The van der Waals surface area contributed by atoms with Crippen LogP contribution < -0.4 is 14.8 Å². The van der Waals surface area contributed by atoms with E-state index in [2.05, 4.69) is 10.3 Å². The van der Waals surface area contributed by atoms with Crippen molar-refractivity contribution in [2.45, 2.75) is 59.6 Å². The highest BCUT2D eigenvalue weighted by molar-refractivity contribution is 6.00. The van der Waals surface area contributed by atoms with Crippen molar-refractivity contribution in [3.8, 4) is 11.5 Å². The van der Waals surface area contributed by atoms with E-state index in [0.29, 0.717) is 54.3 Å². The fourth-order valence-electron chi connectivity index (χ4n) is 4.63. The molecule has 1 aromatic heterocycles. The Balaban J connectivity index is 1.26. The minimum absolute atomic E-state index is 0.00316. The van der Waals surface area contributed by atoms with Crippen LogP contribution in [0.15, 0.2) is 18.2 Å². The predicted molar refractivity (Wildman–Crippen MR) is 128 cm³/mol. The lowest BCUT2D eigenvalue weighted by atomic mass is 9.93. The van der Waals surface area contributed by atoms with Crippen LogP contribution in [0.4, 0.5) is 0 Å². The number of nitrogens with one attached hydrogen (secondary N) is 2. The number of benzene rings is 1. The quantitative estimate of drug-likeness (QED) is 0.584. The Bertz CT molecular complexity index is 1110. The van der Waals surface area contributed by atoms with Crippen molar-refractivity contribution in [1.82, 2.24) is 15.2 Å². The highest BCUT2D eigenvalue weighted by Gasteiger charge is 2.29. The molecule has 2 N–H and O–H groups in total. The Labute approximate surface area is 205 Å². The summed E-state index contributed by atoms with van der Waals surface area (Å²) in [5, 5.41) is 2.97. The lowest BCUT2D eigenvalue weighted by Gasteiger charge is -2.31. The number of esters is 1. The summed E-state index contributed by atoms with van der Waals surface area (Å²) < 4.78 is 16.0. The molecule has 9 heteroatoms. The maximum atomic E-state index is 13.1. The molecule has 4 rings (SSSR count). The van der Waals surface area contributed by atoms with Gasteiger partial charge in [0, 0.05) is 31.7 Å². The molecule has 0 radical (unpaired) electrons. The second-order valence-corrected chi connectivity index (χ2v) is 9.48. The molecular formula is C26H33N3O6. The van der Waals surface area contributed by atoms with Crippen LogP contribution in [0.3, 0.4) is 0 Å². The molecule has 2 aliphatic heterocycles. The number of hydrogen-bond acceptors (Lipinski definition) is 6. The van der Waals surface area contributed by atoms with E-state index in [-0.39, 0.29) is 30.6 Å². The van der Waals surface area contributed by atoms with Crippen LogP contribution in [-0.2, 0) is 16.1 Å². The van der Waals surface area contributed by atoms with Crippen LogP contribution in [-0.4, -0.2) is 53.7 Å². The van der Waals surface area contributed by atoms with Crippen LogP contribution in [0.2, 0.25) is 0 Å². The zero-order valence-electron chi connectivity index (χ0n) is 20.7. The molecule has 188 valence electrons. The molecule has 2 amide bonds. The first-order valence-electron chi connectivity index (χ1n) is 12.1. The summed E-state index contributed by atoms with van der Waals surface area (Å²) in [6, 6.07) is 5.64. The summed E-state index contributed by atoms with van der Waals surface area (Å²) in [5.41, 5.74) is 3.05. The first-order chi connectivity index (χ1) is 16.7. The Morgan fingerprint density at radius 3 is 2.57 bits per heavy atom. The number of ether oxygens (including phenoxy) is 3. The summed E-state index contributed by atoms with van der Waals surface area (Å²) in [4.78, 5) is 42.9. The standard InChI is InChI=1S/C26H33N3O6/c1-15(2)35-26(32)23-16(3)24(28-17(23)4)25(31)29-9-7-18(8-10-29)12-22(30)27-13-19-5-6-20-21(11-19)34-14-33-20/h5-6,11,15,18,28H,7-10,12-14H2,1-4H3,(H,27,30). The monoisotopic (exact) mass is 483 g/mol. The minimum atomic E-state index is -0.421. The van der Waals surface area contributed by atoms with Crippen molar-refractivity contribution in [3.05, 3.63) is 46.3 Å². The van der Waals surface area contributed by atoms with Gasteiger partial charge in [0.25, 0.3) is 5.91 Å². The van der Waals surface area contributed by atoms with Gasteiger partial charge in [0.1, 0.15) is 5.69 Å². The first kappa shape index (κ1) is 24.6. The second kappa shape index (κ2) is 10.4. The number of fused-ring (bicyclic) bond motifs is 1. The van der Waals surface area contributed by atoms with Gasteiger partial charge in [-0.15, -0.1) is 0 Å². The molecule has 0 atom stereocenters. The number of amides is 2. The Kier molecular flexibility index (Phi) is 7.33. The Morgan fingerprint density at radius 2 is 1.86 bits per heavy atom. The van der Waals surface area contributed by atoms with E-state index >= 15 is 0 Å². The number of aryl methyl sites for hydroxylation is 1. The van der Waals surface area contributed by atoms with E-state index in [4.69, 9.17) is 14.2 Å². The molecule has 0 bridgehead atoms. The van der Waals surface area contributed by atoms with Gasteiger partial charge in [-0.1, -0.05) is 6.07 Å². The molecule has 1 aromatic carbocycles. The third-order valence-corrected chi connectivity index (χ3v) is 6.50. The SMILES string of the molecule is Cc1[nH]c(C(=O)N2CCC(CC(=O)NCc3ccc4c(c3)OCO4)CC2)c(C)c1C(=O)OC(C)C. The molecule has 35 heavy (non-hydrogen) atoms. The molecule has 0 unspecified atom stereocenters. The number of likely N-dealkylation sites (tertiary alicyclic amines) is 1. The van der Waals surface area contributed by atoms with Gasteiger partial charge in [0.2, 0.25) is 12.7 Å².